The van der Waals surface area contributed by atoms with Crippen molar-refractivity contribution < 1.29 is 9.47 Å². The lowest BCUT2D eigenvalue weighted by molar-refractivity contribution is 0.104. The molecular formula is C22H24N4O2. The highest BCUT2D eigenvalue weighted by Crippen LogP contribution is 2.22. The maximum atomic E-state index is 5.72. The summed E-state index contributed by atoms with van der Waals surface area (Å²) in [7, 11) is 0. The van der Waals surface area contributed by atoms with E-state index in [4.69, 9.17) is 29.4 Å². The summed E-state index contributed by atoms with van der Waals surface area (Å²) in [6.07, 6.45) is 1.94. The van der Waals surface area contributed by atoms with Gasteiger partial charge in [-0.1, -0.05) is 26.0 Å². The Hall–Kier alpha value is -2.70. The summed E-state index contributed by atoms with van der Waals surface area (Å²) in [6.45, 7) is 6.44. The van der Waals surface area contributed by atoms with Crippen molar-refractivity contribution in [3.63, 3.8) is 0 Å². The van der Waals surface area contributed by atoms with E-state index in [-0.39, 0.29) is 0 Å². The molecule has 0 N–H and O–H groups in total. The molecule has 0 radical (unpaired) electrons. The minimum atomic E-state index is 0.434. The molecule has 2 aromatic heterocycles. The zero-order chi connectivity index (χ0) is 19.3. The smallest absolute Gasteiger partial charge is 0.0917 e. The number of rotatable bonds is 8. The van der Waals surface area contributed by atoms with Crippen molar-refractivity contribution in [1.82, 2.24) is 19.9 Å². The number of nitrogens with zero attached hydrogens (tertiary/aromatic N) is 4. The van der Waals surface area contributed by atoms with Gasteiger partial charge in [-0.05, 0) is 37.1 Å². The Balaban J connectivity index is 1.79. The third-order valence-electron chi connectivity index (χ3n) is 4.45. The lowest BCUT2D eigenvalue weighted by atomic mass is 10.2. The number of benzene rings is 2. The fraction of sp³-hybridized carbons (Fsp3) is 0.364. The topological polar surface area (TPSA) is 70.0 Å². The predicted molar refractivity (Wildman–Crippen MR) is 110 cm³/mol. The summed E-state index contributed by atoms with van der Waals surface area (Å²) in [5.74, 6) is 0. The van der Waals surface area contributed by atoms with Crippen LogP contribution >= 0.6 is 0 Å². The van der Waals surface area contributed by atoms with Crippen molar-refractivity contribution in [3.05, 3.63) is 47.8 Å². The average molecular weight is 376 g/mol. The fourth-order valence-corrected chi connectivity index (χ4v) is 3.10. The molecule has 0 fully saturated rings. The van der Waals surface area contributed by atoms with Crippen LogP contribution < -0.4 is 0 Å². The highest BCUT2D eigenvalue weighted by molar-refractivity contribution is 5.94. The Labute approximate surface area is 164 Å². The van der Waals surface area contributed by atoms with Gasteiger partial charge in [0.1, 0.15) is 0 Å². The standard InChI is InChI=1S/C22H24N4O2/c1-3-9-27-13-21-22(14-28-10-4-2)26-20-12-18-17(11-19(20)25-21)23-15-7-5-6-8-16(15)24-18/h5-8,11-12H,3-4,9-10,13-14H2,1-2H3. The van der Waals surface area contributed by atoms with E-state index in [1.54, 1.807) is 0 Å². The van der Waals surface area contributed by atoms with Crippen molar-refractivity contribution in [2.24, 2.45) is 0 Å². The van der Waals surface area contributed by atoms with Gasteiger partial charge >= 0.3 is 0 Å². The van der Waals surface area contributed by atoms with Crippen LogP contribution in [0, 0.1) is 0 Å². The average Bonchev–Trinajstić information content (AvgIpc) is 2.71. The second-order valence-electron chi connectivity index (χ2n) is 6.76. The molecule has 6 heteroatoms. The van der Waals surface area contributed by atoms with Gasteiger partial charge in [0.15, 0.2) is 0 Å². The van der Waals surface area contributed by atoms with Gasteiger partial charge in [-0.15, -0.1) is 0 Å². The molecule has 0 unspecified atom stereocenters. The minimum Gasteiger partial charge on any atom is -0.375 e. The van der Waals surface area contributed by atoms with Crippen LogP contribution in [0.4, 0.5) is 0 Å². The number of aromatic nitrogens is 4. The molecular weight excluding hydrogens is 352 g/mol. The molecule has 0 spiro atoms. The first-order valence-electron chi connectivity index (χ1n) is 9.80. The van der Waals surface area contributed by atoms with Gasteiger partial charge < -0.3 is 9.47 Å². The molecule has 2 heterocycles. The summed E-state index contributed by atoms with van der Waals surface area (Å²) >= 11 is 0. The number of hydrogen-bond donors (Lipinski definition) is 0. The molecule has 0 aliphatic carbocycles. The second kappa shape index (κ2) is 8.54. The normalized spacial score (nSPS) is 11.6. The van der Waals surface area contributed by atoms with Gasteiger partial charge in [0.25, 0.3) is 0 Å². The van der Waals surface area contributed by atoms with E-state index in [1.807, 2.05) is 36.4 Å². The molecule has 6 nitrogen and oxygen atoms in total. The molecule has 4 aromatic rings. The first-order valence-corrected chi connectivity index (χ1v) is 9.80. The van der Waals surface area contributed by atoms with Crippen LogP contribution in [0.5, 0.6) is 0 Å². The maximum absolute atomic E-state index is 5.72. The predicted octanol–water partition coefficient (Wildman–Crippen LogP) is 4.58. The van der Waals surface area contributed by atoms with E-state index in [0.717, 1.165) is 57.3 Å². The van der Waals surface area contributed by atoms with E-state index in [1.165, 1.54) is 0 Å². The first-order chi connectivity index (χ1) is 13.8. The number of hydrogen-bond acceptors (Lipinski definition) is 6. The van der Waals surface area contributed by atoms with Crippen LogP contribution in [0.15, 0.2) is 36.4 Å². The molecule has 0 saturated carbocycles. The van der Waals surface area contributed by atoms with Crippen molar-refractivity contribution >= 4 is 33.1 Å². The van der Waals surface area contributed by atoms with Crippen LogP contribution in [0.2, 0.25) is 0 Å². The van der Waals surface area contributed by atoms with Gasteiger partial charge in [0, 0.05) is 13.2 Å². The Morgan fingerprint density at radius 3 is 1.46 bits per heavy atom. The molecule has 0 aliphatic heterocycles. The summed E-state index contributed by atoms with van der Waals surface area (Å²) in [6, 6.07) is 11.8. The molecule has 144 valence electrons. The van der Waals surface area contributed by atoms with E-state index in [9.17, 15) is 0 Å². The van der Waals surface area contributed by atoms with Crippen molar-refractivity contribution in [1.29, 1.82) is 0 Å². The Morgan fingerprint density at radius 2 is 1.04 bits per heavy atom. The second-order valence-corrected chi connectivity index (χ2v) is 6.76. The van der Waals surface area contributed by atoms with Crippen LogP contribution in [0.1, 0.15) is 38.1 Å². The van der Waals surface area contributed by atoms with Gasteiger partial charge in [-0.3, -0.25) is 0 Å². The zero-order valence-electron chi connectivity index (χ0n) is 16.3. The Morgan fingerprint density at radius 1 is 0.607 bits per heavy atom. The van der Waals surface area contributed by atoms with Crippen LogP contribution in [-0.2, 0) is 22.7 Å². The zero-order valence-corrected chi connectivity index (χ0v) is 16.3. The summed E-state index contributed by atoms with van der Waals surface area (Å²) < 4.78 is 11.4. The lowest BCUT2D eigenvalue weighted by Crippen LogP contribution is -2.07. The molecule has 0 atom stereocenters. The maximum Gasteiger partial charge on any atom is 0.0917 e. The monoisotopic (exact) mass is 376 g/mol. The van der Waals surface area contributed by atoms with Gasteiger partial charge in [0.2, 0.25) is 0 Å². The molecule has 4 rings (SSSR count). The van der Waals surface area contributed by atoms with E-state index >= 15 is 0 Å². The highest BCUT2D eigenvalue weighted by Gasteiger charge is 2.12. The Bertz CT molecular complexity index is 1030. The summed E-state index contributed by atoms with van der Waals surface area (Å²) in [4.78, 5) is 19.1. The van der Waals surface area contributed by atoms with E-state index in [2.05, 4.69) is 13.8 Å². The van der Waals surface area contributed by atoms with Crippen LogP contribution in [0.3, 0.4) is 0 Å². The van der Waals surface area contributed by atoms with Gasteiger partial charge in [0.05, 0.1) is 57.7 Å². The summed E-state index contributed by atoms with van der Waals surface area (Å²) in [5.41, 5.74) is 6.62. The van der Waals surface area contributed by atoms with Gasteiger partial charge in [-0.2, -0.15) is 0 Å². The van der Waals surface area contributed by atoms with Gasteiger partial charge in [-0.25, -0.2) is 19.9 Å². The van der Waals surface area contributed by atoms with Crippen LogP contribution in [-0.4, -0.2) is 33.1 Å². The van der Waals surface area contributed by atoms with Crippen molar-refractivity contribution in [2.75, 3.05) is 13.2 Å². The number of fused-ring (bicyclic) bond motifs is 3. The molecule has 28 heavy (non-hydrogen) atoms. The largest absolute Gasteiger partial charge is 0.375 e. The molecule has 2 aromatic carbocycles. The van der Waals surface area contributed by atoms with Crippen molar-refractivity contribution in [2.45, 2.75) is 39.9 Å². The minimum absolute atomic E-state index is 0.434. The third kappa shape index (κ3) is 3.93. The molecule has 0 saturated heterocycles. The van der Waals surface area contributed by atoms with Crippen LogP contribution in [0.25, 0.3) is 33.1 Å². The highest BCUT2D eigenvalue weighted by atomic mass is 16.5. The molecule has 0 aliphatic rings. The van der Waals surface area contributed by atoms with Crippen molar-refractivity contribution in [3.8, 4) is 0 Å². The molecule has 0 bridgehead atoms. The van der Waals surface area contributed by atoms with E-state index in [0.29, 0.717) is 26.4 Å². The SMILES string of the molecule is CCCOCc1nc2cc3nc4ccccc4nc3cc2nc1COCCC. The number of ether oxygens (including phenoxy) is 2. The Kier molecular flexibility index (Phi) is 5.69. The molecule has 0 amide bonds. The summed E-state index contributed by atoms with van der Waals surface area (Å²) in [5, 5.41) is 0. The number of para-hydroxylation sites is 2. The third-order valence-corrected chi connectivity index (χ3v) is 4.45. The quantitative estimate of drug-likeness (QED) is 0.331. The first kappa shape index (κ1) is 18.7. The fourth-order valence-electron chi connectivity index (χ4n) is 3.10. The lowest BCUT2D eigenvalue weighted by Gasteiger charge is -2.11. The van der Waals surface area contributed by atoms with E-state index < -0.39 is 0 Å².